The van der Waals surface area contributed by atoms with E-state index < -0.39 is 0 Å². The molecule has 1 N–H and O–H groups in total. The van der Waals surface area contributed by atoms with Crippen LogP contribution < -0.4 is 5.32 Å². The van der Waals surface area contributed by atoms with E-state index >= 15 is 0 Å². The number of nitrogens with zero attached hydrogens (tertiary/aromatic N) is 4. The lowest BCUT2D eigenvalue weighted by atomic mass is 9.53. The summed E-state index contributed by atoms with van der Waals surface area (Å²) < 4.78 is 11.2. The minimum atomic E-state index is 0.122. The van der Waals surface area contributed by atoms with Gasteiger partial charge >= 0.3 is 0 Å². The second kappa shape index (κ2) is 7.18. The van der Waals surface area contributed by atoms with Crippen LogP contribution in [-0.2, 0) is 11.8 Å². The molecule has 4 aliphatic carbocycles. The molecule has 2 aromatic heterocycles. The monoisotopic (exact) mass is 419 g/mol. The molecule has 7 rings (SSSR count). The van der Waals surface area contributed by atoms with E-state index in [9.17, 15) is 0 Å². The Morgan fingerprint density at radius 2 is 1.81 bits per heavy atom. The molecule has 3 aromatic rings. The first-order chi connectivity index (χ1) is 15.2. The van der Waals surface area contributed by atoms with E-state index in [1.54, 1.807) is 0 Å². The number of hydrogen-bond acceptors (Lipinski definition) is 7. The van der Waals surface area contributed by atoms with Crippen molar-refractivity contribution in [2.75, 3.05) is 11.9 Å². The summed E-state index contributed by atoms with van der Waals surface area (Å²) in [5.41, 5.74) is 2.55. The number of benzene rings is 1. The van der Waals surface area contributed by atoms with Gasteiger partial charge in [-0.1, -0.05) is 23.3 Å². The molecule has 0 saturated heterocycles. The molecule has 0 unspecified atom stereocenters. The number of hydrogen-bond donors (Lipinski definition) is 1. The molecule has 4 saturated carbocycles. The van der Waals surface area contributed by atoms with E-state index in [0.29, 0.717) is 17.2 Å². The van der Waals surface area contributed by atoms with Gasteiger partial charge in [0.1, 0.15) is 0 Å². The maximum atomic E-state index is 5.75. The van der Waals surface area contributed by atoms with Crippen LogP contribution in [0.3, 0.4) is 0 Å². The standard InChI is InChI=1S/C24H29N5O2/c1-2-19-26-21(30-28-19)17-4-3-5-18(14-17)25-15-23-8-11-24(12-9-23,13-10-23)22-27-20(29-31-22)16-6-7-16/h3-5,14,16,25H,2,6-13,15H2,1H3. The van der Waals surface area contributed by atoms with Gasteiger partial charge in [0, 0.05) is 35.5 Å². The summed E-state index contributed by atoms with van der Waals surface area (Å²) in [5, 5.41) is 12.0. The van der Waals surface area contributed by atoms with Crippen LogP contribution in [0.4, 0.5) is 5.69 Å². The van der Waals surface area contributed by atoms with Crippen molar-refractivity contribution in [2.24, 2.45) is 5.41 Å². The summed E-state index contributed by atoms with van der Waals surface area (Å²) >= 11 is 0. The molecule has 31 heavy (non-hydrogen) atoms. The summed E-state index contributed by atoms with van der Waals surface area (Å²) in [7, 11) is 0. The fourth-order valence-corrected chi connectivity index (χ4v) is 5.37. The topological polar surface area (TPSA) is 89.9 Å². The minimum absolute atomic E-state index is 0.122. The Morgan fingerprint density at radius 1 is 1.00 bits per heavy atom. The lowest BCUT2D eigenvalue weighted by Crippen LogP contribution is -2.47. The summed E-state index contributed by atoms with van der Waals surface area (Å²) in [6.07, 6.45) is 10.3. The van der Waals surface area contributed by atoms with Gasteiger partial charge in [0.2, 0.25) is 5.89 Å². The van der Waals surface area contributed by atoms with Crippen LogP contribution in [0.15, 0.2) is 33.3 Å². The number of anilines is 1. The van der Waals surface area contributed by atoms with Crippen LogP contribution in [-0.4, -0.2) is 26.8 Å². The molecule has 0 radical (unpaired) electrons. The molecule has 2 heterocycles. The van der Waals surface area contributed by atoms with Crippen LogP contribution in [0.25, 0.3) is 11.5 Å². The first-order valence-electron chi connectivity index (χ1n) is 11.7. The third-order valence-electron chi connectivity index (χ3n) is 7.80. The molecule has 0 amide bonds. The van der Waals surface area contributed by atoms with Gasteiger partial charge in [0.05, 0.1) is 0 Å². The van der Waals surface area contributed by atoms with E-state index in [0.717, 1.165) is 61.0 Å². The van der Waals surface area contributed by atoms with Gasteiger partial charge in [0.25, 0.3) is 5.89 Å². The number of aromatic nitrogens is 4. The Kier molecular flexibility index (Phi) is 4.40. The summed E-state index contributed by atoms with van der Waals surface area (Å²) in [4.78, 5) is 9.27. The van der Waals surface area contributed by atoms with Crippen molar-refractivity contribution in [2.45, 2.75) is 76.0 Å². The third kappa shape index (κ3) is 3.44. The quantitative estimate of drug-likeness (QED) is 0.558. The second-order valence-corrected chi connectivity index (χ2v) is 9.82. The van der Waals surface area contributed by atoms with Gasteiger partial charge in [-0.2, -0.15) is 9.97 Å². The van der Waals surface area contributed by atoms with Crippen LogP contribution >= 0.6 is 0 Å². The predicted octanol–water partition coefficient (Wildman–Crippen LogP) is 5.26. The summed E-state index contributed by atoms with van der Waals surface area (Å²) in [5.74, 6) is 3.74. The van der Waals surface area contributed by atoms with Crippen molar-refractivity contribution < 1.29 is 9.05 Å². The molecule has 7 heteroatoms. The van der Waals surface area contributed by atoms with Crippen molar-refractivity contribution in [1.29, 1.82) is 0 Å². The highest BCUT2D eigenvalue weighted by molar-refractivity contribution is 5.61. The van der Waals surface area contributed by atoms with Crippen molar-refractivity contribution in [3.63, 3.8) is 0 Å². The molecule has 1 aromatic carbocycles. The Labute approximate surface area is 182 Å². The Morgan fingerprint density at radius 3 is 2.52 bits per heavy atom. The van der Waals surface area contributed by atoms with Gasteiger partial charge in [-0.25, -0.2) is 0 Å². The number of nitrogens with one attached hydrogen (secondary N) is 1. The molecule has 0 aliphatic heterocycles. The van der Waals surface area contributed by atoms with Crippen LogP contribution in [0.2, 0.25) is 0 Å². The maximum Gasteiger partial charge on any atom is 0.257 e. The average molecular weight is 420 g/mol. The van der Waals surface area contributed by atoms with Crippen molar-refractivity contribution in [1.82, 2.24) is 20.3 Å². The lowest BCUT2D eigenvalue weighted by Gasteiger charge is -2.52. The Hall–Kier alpha value is -2.70. The smallest absolute Gasteiger partial charge is 0.257 e. The average Bonchev–Trinajstić information content (AvgIpc) is 3.35. The van der Waals surface area contributed by atoms with Crippen molar-refractivity contribution >= 4 is 5.69 Å². The minimum Gasteiger partial charge on any atom is -0.384 e. The van der Waals surface area contributed by atoms with E-state index in [4.69, 9.17) is 14.0 Å². The lowest BCUT2D eigenvalue weighted by molar-refractivity contribution is 0.0322. The van der Waals surface area contributed by atoms with E-state index in [-0.39, 0.29) is 5.41 Å². The van der Waals surface area contributed by atoms with Gasteiger partial charge in [0.15, 0.2) is 11.6 Å². The fourth-order valence-electron chi connectivity index (χ4n) is 5.37. The zero-order valence-electron chi connectivity index (χ0n) is 18.1. The van der Waals surface area contributed by atoms with Crippen LogP contribution in [0.5, 0.6) is 0 Å². The number of fused-ring (bicyclic) bond motifs is 3. The highest BCUT2D eigenvalue weighted by Crippen LogP contribution is 2.57. The first-order valence-corrected chi connectivity index (χ1v) is 11.7. The molecular weight excluding hydrogens is 390 g/mol. The predicted molar refractivity (Wildman–Crippen MR) is 116 cm³/mol. The highest BCUT2D eigenvalue weighted by Gasteiger charge is 2.52. The van der Waals surface area contributed by atoms with Gasteiger partial charge in [-0.3, -0.25) is 0 Å². The molecule has 0 spiro atoms. The maximum absolute atomic E-state index is 5.75. The molecule has 0 atom stereocenters. The molecule has 7 nitrogen and oxygen atoms in total. The van der Waals surface area contributed by atoms with Gasteiger partial charge in [-0.15, -0.1) is 0 Å². The normalized spacial score (nSPS) is 27.5. The SMILES string of the molecule is CCc1noc(-c2cccc(NCC34CCC(c5nc(C6CC6)no5)(CC3)CC4)c2)n1. The molecule has 4 fully saturated rings. The van der Waals surface area contributed by atoms with E-state index in [2.05, 4.69) is 32.7 Å². The fraction of sp³-hybridized carbons (Fsp3) is 0.583. The Balaban J connectivity index is 1.11. The van der Waals surface area contributed by atoms with Crippen LogP contribution in [0, 0.1) is 5.41 Å². The summed E-state index contributed by atoms with van der Waals surface area (Å²) in [6.45, 7) is 3.02. The largest absolute Gasteiger partial charge is 0.384 e. The molecular formula is C24H29N5O2. The zero-order chi connectivity index (χ0) is 20.9. The van der Waals surface area contributed by atoms with Crippen molar-refractivity contribution in [3.05, 3.63) is 41.8 Å². The van der Waals surface area contributed by atoms with Crippen LogP contribution in [0.1, 0.15) is 81.7 Å². The molecule has 162 valence electrons. The van der Waals surface area contributed by atoms with Gasteiger partial charge in [-0.05, 0) is 75.0 Å². The Bertz CT molecular complexity index is 1060. The van der Waals surface area contributed by atoms with Gasteiger partial charge < -0.3 is 14.4 Å². The molecule has 2 bridgehead atoms. The highest BCUT2D eigenvalue weighted by atomic mass is 16.5. The zero-order valence-corrected chi connectivity index (χ0v) is 18.1. The van der Waals surface area contributed by atoms with E-state index in [1.165, 1.54) is 32.1 Å². The first kappa shape index (κ1) is 19.0. The van der Waals surface area contributed by atoms with Crippen molar-refractivity contribution in [3.8, 4) is 11.5 Å². The number of rotatable bonds is 7. The summed E-state index contributed by atoms with van der Waals surface area (Å²) in [6, 6.07) is 8.29. The molecule has 4 aliphatic rings. The van der Waals surface area contributed by atoms with E-state index in [1.807, 2.05) is 19.1 Å². The third-order valence-corrected chi connectivity index (χ3v) is 7.80. The second-order valence-electron chi connectivity index (χ2n) is 9.82. The number of aryl methyl sites for hydroxylation is 1.